The van der Waals surface area contributed by atoms with Gasteiger partial charge >= 0.3 is 0 Å². The Morgan fingerprint density at radius 1 is 1.41 bits per heavy atom. The van der Waals surface area contributed by atoms with Crippen LogP contribution in [0.15, 0.2) is 24.7 Å². The summed E-state index contributed by atoms with van der Waals surface area (Å²) >= 11 is 4.10. The molecule has 0 spiro atoms. The molecule has 0 amide bonds. The zero-order valence-electron chi connectivity index (χ0n) is 9.37. The minimum absolute atomic E-state index is 0.693. The van der Waals surface area contributed by atoms with Gasteiger partial charge in [-0.1, -0.05) is 0 Å². The van der Waals surface area contributed by atoms with Crippen LogP contribution in [-0.4, -0.2) is 43.7 Å². The van der Waals surface area contributed by atoms with Crippen molar-refractivity contribution in [3.05, 3.63) is 24.7 Å². The van der Waals surface area contributed by atoms with E-state index in [9.17, 15) is 0 Å². The van der Waals surface area contributed by atoms with E-state index < -0.39 is 0 Å². The van der Waals surface area contributed by atoms with E-state index in [1.54, 1.807) is 12.4 Å². The van der Waals surface area contributed by atoms with E-state index in [2.05, 4.69) is 27.2 Å². The summed E-state index contributed by atoms with van der Waals surface area (Å²) < 4.78 is 1.85. The molecule has 4 nitrogen and oxygen atoms in total. The fourth-order valence-electron chi connectivity index (χ4n) is 1.86. The Kier molecular flexibility index (Phi) is 3.42. The summed E-state index contributed by atoms with van der Waals surface area (Å²) in [7, 11) is 0. The summed E-state index contributed by atoms with van der Waals surface area (Å²) in [5.41, 5.74) is 1.04. The predicted octanol–water partition coefficient (Wildman–Crippen LogP) is 1.99. The van der Waals surface area contributed by atoms with Crippen LogP contribution >= 0.6 is 23.5 Å². The highest BCUT2D eigenvalue weighted by atomic mass is 32.2. The van der Waals surface area contributed by atoms with Crippen molar-refractivity contribution in [1.82, 2.24) is 14.6 Å². The first kappa shape index (κ1) is 11.2. The first-order valence-corrected chi connectivity index (χ1v) is 7.85. The van der Waals surface area contributed by atoms with Gasteiger partial charge in [0.1, 0.15) is 5.52 Å². The molecule has 2 aromatic rings. The highest BCUT2D eigenvalue weighted by Gasteiger charge is 2.14. The summed E-state index contributed by atoms with van der Waals surface area (Å²) in [5, 5.41) is 8.33. The Morgan fingerprint density at radius 2 is 2.41 bits per heavy atom. The van der Waals surface area contributed by atoms with E-state index in [0.717, 1.165) is 17.9 Å². The van der Waals surface area contributed by atoms with Crippen molar-refractivity contribution in [2.24, 2.45) is 0 Å². The van der Waals surface area contributed by atoms with Gasteiger partial charge in [0.25, 0.3) is 0 Å². The lowest BCUT2D eigenvalue weighted by Crippen LogP contribution is -2.23. The number of fused-ring (bicyclic) bond motifs is 1. The number of nitrogens with zero attached hydrogens (tertiary/aromatic N) is 3. The predicted molar refractivity (Wildman–Crippen MR) is 75.0 cm³/mol. The van der Waals surface area contributed by atoms with E-state index in [4.69, 9.17) is 0 Å². The van der Waals surface area contributed by atoms with Gasteiger partial charge in [-0.2, -0.15) is 28.6 Å². The summed E-state index contributed by atoms with van der Waals surface area (Å²) in [6.07, 6.45) is 5.45. The monoisotopic (exact) mass is 266 g/mol. The molecule has 0 bridgehead atoms. The average Bonchev–Trinajstić information content (AvgIpc) is 2.86. The number of nitrogens with one attached hydrogen (secondary N) is 1. The fourth-order valence-corrected chi connectivity index (χ4v) is 4.47. The lowest BCUT2D eigenvalue weighted by molar-refractivity contribution is 0.935. The Hall–Kier alpha value is -0.880. The highest BCUT2D eigenvalue weighted by Crippen LogP contribution is 2.24. The van der Waals surface area contributed by atoms with Gasteiger partial charge in [-0.15, -0.1) is 0 Å². The van der Waals surface area contributed by atoms with E-state index in [0.29, 0.717) is 5.25 Å². The van der Waals surface area contributed by atoms with E-state index in [-0.39, 0.29) is 0 Å². The molecule has 0 saturated carbocycles. The zero-order valence-corrected chi connectivity index (χ0v) is 11.0. The van der Waals surface area contributed by atoms with Gasteiger partial charge in [-0.25, -0.2) is 9.50 Å². The van der Waals surface area contributed by atoms with Crippen molar-refractivity contribution in [3.8, 4) is 0 Å². The maximum atomic E-state index is 4.38. The van der Waals surface area contributed by atoms with Crippen LogP contribution in [0.5, 0.6) is 0 Å². The van der Waals surface area contributed by atoms with Crippen molar-refractivity contribution in [2.45, 2.75) is 5.25 Å². The smallest absolute Gasteiger partial charge is 0.152 e. The number of aromatic nitrogens is 3. The van der Waals surface area contributed by atoms with Crippen LogP contribution in [0.25, 0.3) is 5.52 Å². The zero-order chi connectivity index (χ0) is 11.5. The first-order chi connectivity index (χ1) is 8.43. The Morgan fingerprint density at radius 3 is 3.29 bits per heavy atom. The molecule has 1 aliphatic rings. The number of rotatable bonds is 3. The van der Waals surface area contributed by atoms with Crippen LogP contribution in [0.4, 0.5) is 5.82 Å². The third kappa shape index (κ3) is 2.52. The molecule has 1 N–H and O–H groups in total. The van der Waals surface area contributed by atoms with Gasteiger partial charge in [0.2, 0.25) is 0 Å². The van der Waals surface area contributed by atoms with Crippen LogP contribution in [-0.2, 0) is 0 Å². The van der Waals surface area contributed by atoms with Crippen molar-refractivity contribution < 1.29 is 0 Å². The molecular formula is C11H14N4S2. The van der Waals surface area contributed by atoms with Gasteiger partial charge in [0, 0.05) is 41.4 Å². The van der Waals surface area contributed by atoms with Gasteiger partial charge in [-0.05, 0) is 6.07 Å². The molecule has 0 aromatic carbocycles. The van der Waals surface area contributed by atoms with E-state index >= 15 is 0 Å². The molecule has 1 saturated heterocycles. The molecular weight excluding hydrogens is 252 g/mol. The van der Waals surface area contributed by atoms with Crippen molar-refractivity contribution in [2.75, 3.05) is 29.1 Å². The minimum Gasteiger partial charge on any atom is -0.367 e. The van der Waals surface area contributed by atoms with Crippen LogP contribution in [0.3, 0.4) is 0 Å². The molecule has 2 aromatic heterocycles. The van der Waals surface area contributed by atoms with Gasteiger partial charge < -0.3 is 5.32 Å². The van der Waals surface area contributed by atoms with Crippen LogP contribution in [0.1, 0.15) is 0 Å². The van der Waals surface area contributed by atoms with Crippen molar-refractivity contribution in [1.29, 1.82) is 0 Å². The molecule has 1 atom stereocenters. The fraction of sp³-hybridized carbons (Fsp3) is 0.455. The standard InChI is InChI=1S/C11H14N4S2/c1-2-14-15-4-3-12-11(10(1)15)13-7-9-8-16-5-6-17-9/h1-4,9H,5-8H2,(H,12,13). The normalized spacial score (nSPS) is 20.6. The lowest BCUT2D eigenvalue weighted by Gasteiger charge is -2.21. The third-order valence-corrected chi connectivity index (χ3v) is 5.55. The van der Waals surface area contributed by atoms with Crippen LogP contribution in [0.2, 0.25) is 0 Å². The second-order valence-corrected chi connectivity index (χ2v) is 6.44. The summed E-state index contributed by atoms with van der Waals surface area (Å²) in [5.74, 6) is 4.72. The lowest BCUT2D eigenvalue weighted by atomic mass is 10.4. The molecule has 0 radical (unpaired) electrons. The molecule has 6 heteroatoms. The summed E-state index contributed by atoms with van der Waals surface area (Å²) in [4.78, 5) is 4.38. The number of hydrogen-bond acceptors (Lipinski definition) is 5. The quantitative estimate of drug-likeness (QED) is 0.920. The minimum atomic E-state index is 0.693. The summed E-state index contributed by atoms with van der Waals surface area (Å²) in [6, 6.07) is 1.98. The van der Waals surface area contributed by atoms with Crippen LogP contribution in [0, 0.1) is 0 Å². The Bertz CT molecular complexity index is 493. The average molecular weight is 266 g/mol. The maximum absolute atomic E-state index is 4.38. The van der Waals surface area contributed by atoms with E-state index in [1.807, 2.05) is 28.5 Å². The molecule has 90 valence electrons. The van der Waals surface area contributed by atoms with Gasteiger partial charge in [0.05, 0.1) is 6.20 Å². The van der Waals surface area contributed by atoms with E-state index in [1.165, 1.54) is 17.3 Å². The molecule has 1 aliphatic heterocycles. The number of thioether (sulfide) groups is 2. The molecule has 1 unspecified atom stereocenters. The Balaban J connectivity index is 1.69. The molecule has 3 heterocycles. The molecule has 3 rings (SSSR count). The second-order valence-electron chi connectivity index (χ2n) is 3.89. The SMILES string of the molecule is c1cn2nccc2c(NCC2CSCCS2)n1. The van der Waals surface area contributed by atoms with Gasteiger partial charge in [0.15, 0.2) is 5.82 Å². The largest absolute Gasteiger partial charge is 0.367 e. The van der Waals surface area contributed by atoms with Crippen LogP contribution < -0.4 is 5.32 Å². The van der Waals surface area contributed by atoms with Gasteiger partial charge in [-0.3, -0.25) is 0 Å². The first-order valence-electron chi connectivity index (χ1n) is 5.65. The number of anilines is 1. The Labute approximate surface area is 109 Å². The summed E-state index contributed by atoms with van der Waals surface area (Å²) in [6.45, 7) is 0.982. The van der Waals surface area contributed by atoms with Crippen molar-refractivity contribution >= 4 is 34.9 Å². The molecule has 17 heavy (non-hydrogen) atoms. The maximum Gasteiger partial charge on any atom is 0.152 e. The topological polar surface area (TPSA) is 42.2 Å². The number of hydrogen-bond donors (Lipinski definition) is 1. The van der Waals surface area contributed by atoms with Crippen molar-refractivity contribution in [3.63, 3.8) is 0 Å². The molecule has 0 aliphatic carbocycles. The molecule has 1 fully saturated rings. The second kappa shape index (κ2) is 5.18. The highest BCUT2D eigenvalue weighted by molar-refractivity contribution is 8.06. The third-order valence-electron chi connectivity index (χ3n) is 2.71.